The highest BCUT2D eigenvalue weighted by atomic mass is 35.5. The molecule has 0 aliphatic carbocycles. The number of carbonyl (C=O) groups is 1. The lowest BCUT2D eigenvalue weighted by Gasteiger charge is -2.05. The van der Waals surface area contributed by atoms with Gasteiger partial charge in [0.2, 0.25) is 0 Å². The van der Waals surface area contributed by atoms with E-state index in [9.17, 15) is 9.90 Å². The van der Waals surface area contributed by atoms with E-state index in [1.165, 1.54) is 63.9 Å². The number of unbranched alkanes of at least 4 members (excludes halogenated alkanes) is 10. The molecule has 0 fully saturated rings. The standard InChI is InChI=1S/C20H31ClO2/c1-2-3-4-5-6-7-8-9-10-11-12-13-19(22)18-15-14-17(21)16-20(18)23/h14-16,23H,2-13H2,1H3. The molecule has 2 nitrogen and oxygen atoms in total. The minimum Gasteiger partial charge on any atom is -0.507 e. The van der Waals surface area contributed by atoms with Gasteiger partial charge in [-0.05, 0) is 24.6 Å². The van der Waals surface area contributed by atoms with Gasteiger partial charge in [-0.25, -0.2) is 0 Å². The number of phenols is 1. The zero-order valence-corrected chi connectivity index (χ0v) is 15.2. The maximum atomic E-state index is 12.0. The van der Waals surface area contributed by atoms with Crippen LogP contribution in [-0.4, -0.2) is 10.9 Å². The van der Waals surface area contributed by atoms with Crippen molar-refractivity contribution in [3.63, 3.8) is 0 Å². The Kier molecular flexibility index (Phi) is 10.8. The van der Waals surface area contributed by atoms with Crippen LogP contribution in [0, 0.1) is 0 Å². The molecule has 0 amide bonds. The predicted octanol–water partition coefficient (Wildman–Crippen LogP) is 6.93. The summed E-state index contributed by atoms with van der Waals surface area (Å²) >= 11 is 5.77. The highest BCUT2D eigenvalue weighted by Crippen LogP contribution is 2.24. The largest absolute Gasteiger partial charge is 0.507 e. The van der Waals surface area contributed by atoms with Gasteiger partial charge in [0.05, 0.1) is 5.56 Å². The van der Waals surface area contributed by atoms with E-state index in [1.54, 1.807) is 12.1 Å². The highest BCUT2D eigenvalue weighted by molar-refractivity contribution is 6.30. The van der Waals surface area contributed by atoms with Crippen molar-refractivity contribution in [1.82, 2.24) is 0 Å². The van der Waals surface area contributed by atoms with Crippen molar-refractivity contribution in [2.75, 3.05) is 0 Å². The van der Waals surface area contributed by atoms with Crippen LogP contribution in [0.1, 0.15) is 94.3 Å². The number of halogens is 1. The van der Waals surface area contributed by atoms with Gasteiger partial charge in [-0.3, -0.25) is 4.79 Å². The Balaban J connectivity index is 2.01. The van der Waals surface area contributed by atoms with E-state index in [-0.39, 0.29) is 11.5 Å². The lowest BCUT2D eigenvalue weighted by atomic mass is 10.0. The van der Waals surface area contributed by atoms with Gasteiger partial charge < -0.3 is 5.11 Å². The molecule has 0 spiro atoms. The van der Waals surface area contributed by atoms with Crippen LogP contribution in [0.4, 0.5) is 0 Å². The quantitative estimate of drug-likeness (QED) is 0.312. The van der Waals surface area contributed by atoms with Crippen LogP contribution in [0.25, 0.3) is 0 Å². The molecule has 23 heavy (non-hydrogen) atoms. The number of carbonyl (C=O) groups excluding carboxylic acids is 1. The van der Waals surface area contributed by atoms with Crippen LogP contribution >= 0.6 is 11.6 Å². The maximum Gasteiger partial charge on any atom is 0.166 e. The van der Waals surface area contributed by atoms with Gasteiger partial charge >= 0.3 is 0 Å². The summed E-state index contributed by atoms with van der Waals surface area (Å²) in [5.41, 5.74) is 0.390. The summed E-state index contributed by atoms with van der Waals surface area (Å²) < 4.78 is 0. The zero-order chi connectivity index (χ0) is 16.9. The van der Waals surface area contributed by atoms with Gasteiger partial charge in [0.25, 0.3) is 0 Å². The summed E-state index contributed by atoms with van der Waals surface area (Å²) in [5, 5.41) is 10.2. The Morgan fingerprint density at radius 1 is 0.913 bits per heavy atom. The van der Waals surface area contributed by atoms with Crippen molar-refractivity contribution in [3.8, 4) is 5.75 Å². The second kappa shape index (κ2) is 12.4. The third-order valence-corrected chi connectivity index (χ3v) is 4.50. The summed E-state index contributed by atoms with van der Waals surface area (Å²) in [6, 6.07) is 4.68. The Bertz CT molecular complexity index is 457. The number of ketones is 1. The third-order valence-electron chi connectivity index (χ3n) is 4.27. The second-order valence-corrected chi connectivity index (χ2v) is 6.81. The van der Waals surface area contributed by atoms with E-state index < -0.39 is 0 Å². The van der Waals surface area contributed by atoms with Crippen molar-refractivity contribution < 1.29 is 9.90 Å². The summed E-state index contributed by atoms with van der Waals surface area (Å²) in [4.78, 5) is 12.0. The Morgan fingerprint density at radius 3 is 1.96 bits per heavy atom. The fourth-order valence-electron chi connectivity index (χ4n) is 2.83. The highest BCUT2D eigenvalue weighted by Gasteiger charge is 2.10. The van der Waals surface area contributed by atoms with Crippen LogP contribution in [0.15, 0.2) is 18.2 Å². The number of phenolic OH excluding ortho intramolecular Hbond substituents is 1. The average Bonchev–Trinajstić information content (AvgIpc) is 2.52. The lowest BCUT2D eigenvalue weighted by molar-refractivity contribution is 0.0976. The fourth-order valence-corrected chi connectivity index (χ4v) is 2.99. The molecule has 130 valence electrons. The van der Waals surface area contributed by atoms with E-state index in [0.29, 0.717) is 17.0 Å². The first kappa shape index (κ1) is 20.0. The monoisotopic (exact) mass is 338 g/mol. The van der Waals surface area contributed by atoms with Gasteiger partial charge in [-0.1, -0.05) is 82.7 Å². The molecule has 0 bridgehead atoms. The van der Waals surface area contributed by atoms with Crippen LogP contribution in [0.5, 0.6) is 5.75 Å². The van der Waals surface area contributed by atoms with Gasteiger partial charge in [0.15, 0.2) is 5.78 Å². The van der Waals surface area contributed by atoms with Crippen molar-refractivity contribution in [2.45, 2.75) is 84.0 Å². The molecule has 1 rings (SSSR count). The summed E-state index contributed by atoms with van der Waals surface area (Å²) in [7, 11) is 0. The van der Waals surface area contributed by atoms with E-state index in [1.807, 2.05) is 0 Å². The van der Waals surface area contributed by atoms with E-state index in [4.69, 9.17) is 11.6 Å². The minimum absolute atomic E-state index is 0.00873. The molecule has 1 aromatic carbocycles. The van der Waals surface area contributed by atoms with Gasteiger partial charge in [0, 0.05) is 11.4 Å². The fraction of sp³-hybridized carbons (Fsp3) is 0.650. The summed E-state index contributed by atoms with van der Waals surface area (Å²) in [6.45, 7) is 2.25. The number of hydrogen-bond donors (Lipinski definition) is 1. The predicted molar refractivity (Wildman–Crippen MR) is 98.5 cm³/mol. The van der Waals surface area contributed by atoms with Crippen LogP contribution in [-0.2, 0) is 0 Å². The number of hydrogen-bond acceptors (Lipinski definition) is 2. The average molecular weight is 339 g/mol. The van der Waals surface area contributed by atoms with Crippen molar-refractivity contribution in [3.05, 3.63) is 28.8 Å². The van der Waals surface area contributed by atoms with Crippen molar-refractivity contribution >= 4 is 17.4 Å². The third kappa shape index (κ3) is 9.00. The molecule has 0 atom stereocenters. The Labute approximate surface area is 146 Å². The number of aromatic hydroxyl groups is 1. The van der Waals surface area contributed by atoms with Crippen molar-refractivity contribution in [2.24, 2.45) is 0 Å². The van der Waals surface area contributed by atoms with Crippen LogP contribution in [0.2, 0.25) is 5.02 Å². The molecule has 0 saturated carbocycles. The molecule has 0 unspecified atom stereocenters. The normalized spacial score (nSPS) is 10.9. The Morgan fingerprint density at radius 2 is 1.43 bits per heavy atom. The number of benzene rings is 1. The first-order valence-electron chi connectivity index (χ1n) is 9.17. The molecule has 1 N–H and O–H groups in total. The SMILES string of the molecule is CCCCCCCCCCCCCC(=O)c1ccc(Cl)cc1O. The molecule has 3 heteroatoms. The summed E-state index contributed by atoms with van der Waals surface area (Å²) in [5.74, 6) is 0.000615. The molecule has 0 radical (unpaired) electrons. The zero-order valence-electron chi connectivity index (χ0n) is 14.5. The van der Waals surface area contributed by atoms with E-state index >= 15 is 0 Å². The molecule has 0 saturated heterocycles. The molecule has 0 aliphatic rings. The molecule has 1 aromatic rings. The Hall–Kier alpha value is -1.02. The minimum atomic E-state index is -0.00873. The number of rotatable bonds is 13. The van der Waals surface area contributed by atoms with E-state index in [2.05, 4.69) is 6.92 Å². The van der Waals surface area contributed by atoms with Gasteiger partial charge in [-0.2, -0.15) is 0 Å². The smallest absolute Gasteiger partial charge is 0.166 e. The first-order valence-corrected chi connectivity index (χ1v) is 9.54. The van der Waals surface area contributed by atoms with E-state index in [0.717, 1.165) is 12.8 Å². The molecular formula is C20H31ClO2. The molecular weight excluding hydrogens is 308 g/mol. The number of Topliss-reactive ketones (excluding diaryl/α,β-unsaturated/α-hetero) is 1. The lowest BCUT2D eigenvalue weighted by Crippen LogP contribution is -1.99. The molecule has 0 aromatic heterocycles. The second-order valence-electron chi connectivity index (χ2n) is 6.37. The van der Waals surface area contributed by atoms with Gasteiger partial charge in [0.1, 0.15) is 5.75 Å². The van der Waals surface area contributed by atoms with Crippen LogP contribution in [0.3, 0.4) is 0 Å². The molecule has 0 aliphatic heterocycles. The van der Waals surface area contributed by atoms with Crippen LogP contribution < -0.4 is 0 Å². The topological polar surface area (TPSA) is 37.3 Å². The van der Waals surface area contributed by atoms with Crippen molar-refractivity contribution in [1.29, 1.82) is 0 Å². The van der Waals surface area contributed by atoms with Gasteiger partial charge in [-0.15, -0.1) is 0 Å². The molecule has 0 heterocycles. The first-order chi connectivity index (χ1) is 11.1. The summed E-state index contributed by atoms with van der Waals surface area (Å²) in [6.07, 6.45) is 14.5. The maximum absolute atomic E-state index is 12.0.